The summed E-state index contributed by atoms with van der Waals surface area (Å²) < 4.78 is 5.35. The number of hydrogen-bond acceptors (Lipinski definition) is 4. The molecule has 22 heavy (non-hydrogen) atoms. The van der Waals surface area contributed by atoms with Crippen LogP contribution in [0.3, 0.4) is 0 Å². The number of carbonyl (C=O) groups excluding carboxylic acids is 1. The zero-order valence-corrected chi connectivity index (χ0v) is 14.0. The quantitative estimate of drug-likeness (QED) is 0.894. The van der Waals surface area contributed by atoms with Crippen molar-refractivity contribution in [2.75, 3.05) is 11.9 Å². The van der Waals surface area contributed by atoms with Gasteiger partial charge in [-0.1, -0.05) is 35.3 Å². The lowest BCUT2D eigenvalue weighted by atomic mass is 10.1. The van der Waals surface area contributed by atoms with Gasteiger partial charge in [0.15, 0.2) is 5.13 Å². The van der Waals surface area contributed by atoms with E-state index in [0.717, 1.165) is 23.3 Å². The SMILES string of the molecule is O=C(Nc1ncc(Cc2cccc(Cl)c2Cl)s1)[C@H]1CCCO1. The molecule has 1 amide bonds. The zero-order chi connectivity index (χ0) is 15.5. The maximum Gasteiger partial charge on any atom is 0.255 e. The normalized spacial score (nSPS) is 17.6. The number of hydrogen-bond donors (Lipinski definition) is 1. The standard InChI is InChI=1S/C15H14Cl2N2O2S/c16-11-4-1-3-9(13(11)17)7-10-8-18-15(22-10)19-14(20)12-5-2-6-21-12/h1,3-4,8,12H,2,5-7H2,(H,18,19,20)/t12-/m1/s1. The van der Waals surface area contributed by atoms with Crippen molar-refractivity contribution in [3.05, 3.63) is 44.9 Å². The van der Waals surface area contributed by atoms with Crippen molar-refractivity contribution in [2.24, 2.45) is 0 Å². The van der Waals surface area contributed by atoms with Gasteiger partial charge in [0, 0.05) is 24.1 Å². The van der Waals surface area contributed by atoms with Gasteiger partial charge in [-0.3, -0.25) is 10.1 Å². The molecule has 1 aliphatic rings. The fourth-order valence-corrected chi connectivity index (χ4v) is 3.52. The Balaban J connectivity index is 1.66. The van der Waals surface area contributed by atoms with E-state index in [0.29, 0.717) is 28.2 Å². The van der Waals surface area contributed by atoms with Gasteiger partial charge >= 0.3 is 0 Å². The van der Waals surface area contributed by atoms with Crippen LogP contribution in [0.2, 0.25) is 10.0 Å². The smallest absolute Gasteiger partial charge is 0.255 e. The highest BCUT2D eigenvalue weighted by Gasteiger charge is 2.24. The maximum absolute atomic E-state index is 12.0. The number of benzene rings is 1. The molecule has 0 saturated carbocycles. The Labute approximate surface area is 142 Å². The summed E-state index contributed by atoms with van der Waals surface area (Å²) in [6, 6.07) is 5.55. The number of anilines is 1. The van der Waals surface area contributed by atoms with E-state index in [1.54, 1.807) is 12.3 Å². The highest BCUT2D eigenvalue weighted by atomic mass is 35.5. The van der Waals surface area contributed by atoms with Crippen LogP contribution in [-0.4, -0.2) is 23.6 Å². The van der Waals surface area contributed by atoms with Crippen molar-refractivity contribution in [2.45, 2.75) is 25.4 Å². The number of thiazole rings is 1. The van der Waals surface area contributed by atoms with Crippen LogP contribution in [0.4, 0.5) is 5.13 Å². The van der Waals surface area contributed by atoms with Crippen LogP contribution in [0, 0.1) is 0 Å². The molecule has 1 atom stereocenters. The predicted octanol–water partition coefficient (Wildman–Crippen LogP) is 4.16. The summed E-state index contributed by atoms with van der Waals surface area (Å²) in [4.78, 5) is 17.2. The van der Waals surface area contributed by atoms with Crippen molar-refractivity contribution >= 4 is 45.6 Å². The molecule has 1 saturated heterocycles. The second-order valence-corrected chi connectivity index (χ2v) is 6.91. The average Bonchev–Trinajstić information content (AvgIpc) is 3.15. The number of nitrogens with one attached hydrogen (secondary N) is 1. The van der Waals surface area contributed by atoms with Crippen molar-refractivity contribution in [1.82, 2.24) is 4.98 Å². The molecule has 1 fully saturated rings. The third-order valence-corrected chi connectivity index (χ3v) is 5.17. The van der Waals surface area contributed by atoms with E-state index in [1.165, 1.54) is 11.3 Å². The van der Waals surface area contributed by atoms with Crippen molar-refractivity contribution in [3.63, 3.8) is 0 Å². The molecule has 0 radical (unpaired) electrons. The minimum absolute atomic E-state index is 0.126. The van der Waals surface area contributed by atoms with Gasteiger partial charge in [0.2, 0.25) is 0 Å². The lowest BCUT2D eigenvalue weighted by Gasteiger charge is -2.07. The molecular weight excluding hydrogens is 343 g/mol. The molecule has 116 valence electrons. The summed E-state index contributed by atoms with van der Waals surface area (Å²) >= 11 is 13.6. The molecule has 7 heteroatoms. The summed E-state index contributed by atoms with van der Waals surface area (Å²) in [5.41, 5.74) is 0.940. The topological polar surface area (TPSA) is 51.2 Å². The zero-order valence-electron chi connectivity index (χ0n) is 11.6. The van der Waals surface area contributed by atoms with Gasteiger partial charge in [-0.25, -0.2) is 4.98 Å². The summed E-state index contributed by atoms with van der Waals surface area (Å²) in [5, 5.41) is 4.47. The molecule has 0 aliphatic carbocycles. The largest absolute Gasteiger partial charge is 0.368 e. The Kier molecular flexibility index (Phi) is 4.98. The molecule has 0 spiro atoms. The van der Waals surface area contributed by atoms with E-state index in [4.69, 9.17) is 27.9 Å². The van der Waals surface area contributed by atoms with Gasteiger partial charge < -0.3 is 4.74 Å². The van der Waals surface area contributed by atoms with Gasteiger partial charge in [0.05, 0.1) is 10.0 Å². The molecule has 1 aromatic heterocycles. The summed E-state index contributed by atoms with van der Waals surface area (Å²) in [7, 11) is 0. The molecule has 1 aliphatic heterocycles. The van der Waals surface area contributed by atoms with Gasteiger partial charge in [-0.2, -0.15) is 0 Å². The number of halogens is 2. The first kappa shape index (κ1) is 15.7. The van der Waals surface area contributed by atoms with Crippen LogP contribution in [0.5, 0.6) is 0 Å². The van der Waals surface area contributed by atoms with Gasteiger partial charge in [-0.15, -0.1) is 11.3 Å². The van der Waals surface area contributed by atoms with E-state index in [2.05, 4.69) is 10.3 Å². The van der Waals surface area contributed by atoms with Crippen molar-refractivity contribution < 1.29 is 9.53 Å². The van der Waals surface area contributed by atoms with E-state index in [1.807, 2.05) is 12.1 Å². The van der Waals surface area contributed by atoms with E-state index in [-0.39, 0.29) is 12.0 Å². The number of ether oxygens (including phenoxy) is 1. The van der Waals surface area contributed by atoms with Crippen LogP contribution in [-0.2, 0) is 16.0 Å². The predicted molar refractivity (Wildman–Crippen MR) is 89.0 cm³/mol. The molecule has 0 bridgehead atoms. The van der Waals surface area contributed by atoms with Crippen molar-refractivity contribution in [1.29, 1.82) is 0 Å². The van der Waals surface area contributed by atoms with E-state index in [9.17, 15) is 4.79 Å². The first-order valence-corrected chi connectivity index (χ1v) is 8.51. The van der Waals surface area contributed by atoms with Crippen LogP contribution in [0.25, 0.3) is 0 Å². The van der Waals surface area contributed by atoms with Crippen molar-refractivity contribution in [3.8, 4) is 0 Å². The molecule has 1 aromatic carbocycles. The fourth-order valence-electron chi connectivity index (χ4n) is 2.29. The number of carbonyl (C=O) groups is 1. The fraction of sp³-hybridized carbons (Fsp3) is 0.333. The molecule has 0 unspecified atom stereocenters. The monoisotopic (exact) mass is 356 g/mol. The Bertz CT molecular complexity index is 684. The number of nitrogens with zero attached hydrogens (tertiary/aromatic N) is 1. The Morgan fingerprint density at radius 2 is 2.32 bits per heavy atom. The Morgan fingerprint density at radius 1 is 1.45 bits per heavy atom. The molecule has 2 aromatic rings. The van der Waals surface area contributed by atoms with E-state index < -0.39 is 0 Å². The van der Waals surface area contributed by atoms with Crippen LogP contribution in [0.1, 0.15) is 23.3 Å². The second kappa shape index (κ2) is 6.96. The Morgan fingerprint density at radius 3 is 3.09 bits per heavy atom. The molecule has 4 nitrogen and oxygen atoms in total. The third kappa shape index (κ3) is 3.60. The van der Waals surface area contributed by atoms with Gasteiger partial charge in [0.1, 0.15) is 6.10 Å². The third-order valence-electron chi connectivity index (χ3n) is 3.40. The minimum Gasteiger partial charge on any atom is -0.368 e. The summed E-state index contributed by atoms with van der Waals surface area (Å²) in [6.45, 7) is 0.647. The first-order chi connectivity index (χ1) is 10.6. The number of aromatic nitrogens is 1. The molecular formula is C15H14Cl2N2O2S. The van der Waals surface area contributed by atoms with Crippen LogP contribution >= 0.6 is 34.5 Å². The van der Waals surface area contributed by atoms with Crippen LogP contribution < -0.4 is 5.32 Å². The molecule has 2 heterocycles. The first-order valence-electron chi connectivity index (χ1n) is 6.93. The average molecular weight is 357 g/mol. The minimum atomic E-state index is -0.352. The summed E-state index contributed by atoms with van der Waals surface area (Å²) in [5.74, 6) is -0.126. The number of amides is 1. The second-order valence-electron chi connectivity index (χ2n) is 5.01. The highest BCUT2D eigenvalue weighted by Crippen LogP contribution is 2.29. The Hall–Kier alpha value is -1.14. The van der Waals surface area contributed by atoms with Crippen LogP contribution in [0.15, 0.2) is 24.4 Å². The summed E-state index contributed by atoms with van der Waals surface area (Å²) in [6.07, 6.45) is 3.71. The van der Waals surface area contributed by atoms with Gasteiger partial charge in [0.25, 0.3) is 5.91 Å². The number of rotatable bonds is 4. The maximum atomic E-state index is 12.0. The van der Waals surface area contributed by atoms with Gasteiger partial charge in [-0.05, 0) is 24.5 Å². The molecule has 3 rings (SSSR count). The lowest BCUT2D eigenvalue weighted by Crippen LogP contribution is -2.26. The highest BCUT2D eigenvalue weighted by molar-refractivity contribution is 7.15. The lowest BCUT2D eigenvalue weighted by molar-refractivity contribution is -0.124. The van der Waals surface area contributed by atoms with E-state index >= 15 is 0 Å². The molecule has 1 N–H and O–H groups in total.